The van der Waals surface area contributed by atoms with Gasteiger partial charge in [-0.2, -0.15) is 13.2 Å². The molecule has 0 saturated heterocycles. The van der Waals surface area contributed by atoms with Crippen molar-refractivity contribution in [3.8, 4) is 11.4 Å². The number of ether oxygens (including phenoxy) is 1. The lowest BCUT2D eigenvalue weighted by Gasteiger charge is -2.15. The Morgan fingerprint density at radius 3 is 2.55 bits per heavy atom. The highest BCUT2D eigenvalue weighted by Crippen LogP contribution is 2.27. The Morgan fingerprint density at radius 1 is 1.18 bits per heavy atom. The molecule has 0 aliphatic carbocycles. The van der Waals surface area contributed by atoms with Crippen LogP contribution in [0.5, 0.6) is 0 Å². The van der Waals surface area contributed by atoms with Crippen molar-refractivity contribution in [3.05, 3.63) is 52.4 Å². The third kappa shape index (κ3) is 5.83. The maximum absolute atomic E-state index is 14.0. The SMILES string of the molecule is CC(OC(=O)Nc1c(-c2ccc(NC(=O)C(F)(F)F)cn2)nnn1C)c1cc(Br)ccc1F. The van der Waals surface area contributed by atoms with Crippen LogP contribution in [0.3, 0.4) is 0 Å². The number of nitrogens with one attached hydrogen (secondary N) is 2. The normalized spacial score (nSPS) is 12.2. The average Bonchev–Trinajstić information content (AvgIpc) is 3.09. The van der Waals surface area contributed by atoms with Crippen molar-refractivity contribution >= 4 is 39.4 Å². The Bertz CT molecular complexity index is 1180. The summed E-state index contributed by atoms with van der Waals surface area (Å²) < 4.78 is 58.2. The smallest absolute Gasteiger partial charge is 0.441 e. The van der Waals surface area contributed by atoms with E-state index in [1.54, 1.807) is 5.32 Å². The molecule has 3 aromatic rings. The molecule has 33 heavy (non-hydrogen) atoms. The van der Waals surface area contributed by atoms with Crippen molar-refractivity contribution in [2.45, 2.75) is 19.2 Å². The van der Waals surface area contributed by atoms with Gasteiger partial charge < -0.3 is 10.1 Å². The van der Waals surface area contributed by atoms with Crippen molar-refractivity contribution in [2.75, 3.05) is 10.6 Å². The van der Waals surface area contributed by atoms with Crippen LogP contribution in [-0.2, 0) is 16.6 Å². The van der Waals surface area contributed by atoms with Gasteiger partial charge in [0.1, 0.15) is 11.9 Å². The summed E-state index contributed by atoms with van der Waals surface area (Å²) in [4.78, 5) is 27.4. The minimum Gasteiger partial charge on any atom is -0.441 e. The fraction of sp³-hybridized carbons (Fsp3) is 0.211. The van der Waals surface area contributed by atoms with Gasteiger partial charge in [0.05, 0.1) is 17.6 Å². The average molecular weight is 531 g/mol. The molecule has 0 saturated carbocycles. The predicted molar refractivity (Wildman–Crippen MR) is 112 cm³/mol. The number of nitrogens with zero attached hydrogens (tertiary/aromatic N) is 4. The molecule has 0 radical (unpaired) electrons. The number of anilines is 2. The van der Waals surface area contributed by atoms with Gasteiger partial charge in [-0.05, 0) is 37.3 Å². The topological polar surface area (TPSA) is 111 Å². The van der Waals surface area contributed by atoms with Crippen LogP contribution in [0.1, 0.15) is 18.6 Å². The number of pyridine rings is 1. The molecule has 0 fully saturated rings. The summed E-state index contributed by atoms with van der Waals surface area (Å²) in [5.41, 5.74) is 0.198. The van der Waals surface area contributed by atoms with Gasteiger partial charge in [-0.15, -0.1) is 5.10 Å². The van der Waals surface area contributed by atoms with Gasteiger partial charge in [0.25, 0.3) is 0 Å². The highest BCUT2D eigenvalue weighted by atomic mass is 79.9. The number of carbonyl (C=O) groups is 2. The zero-order valence-electron chi connectivity index (χ0n) is 16.9. The number of halogens is 5. The number of amides is 2. The summed E-state index contributed by atoms with van der Waals surface area (Å²) in [5, 5.41) is 11.8. The minimum atomic E-state index is -5.04. The lowest BCUT2D eigenvalue weighted by Crippen LogP contribution is -2.29. The minimum absolute atomic E-state index is 0.0708. The van der Waals surface area contributed by atoms with E-state index in [1.165, 1.54) is 49.0 Å². The van der Waals surface area contributed by atoms with Crippen LogP contribution in [0.2, 0.25) is 0 Å². The Hall–Kier alpha value is -3.55. The van der Waals surface area contributed by atoms with Crippen LogP contribution in [0.4, 0.5) is 33.9 Å². The van der Waals surface area contributed by atoms with Crippen LogP contribution in [0, 0.1) is 5.82 Å². The van der Waals surface area contributed by atoms with Crippen LogP contribution < -0.4 is 10.6 Å². The Morgan fingerprint density at radius 2 is 1.91 bits per heavy atom. The summed E-state index contributed by atoms with van der Waals surface area (Å²) in [5.74, 6) is -2.62. The lowest BCUT2D eigenvalue weighted by molar-refractivity contribution is -0.167. The van der Waals surface area contributed by atoms with Crippen molar-refractivity contribution in [1.29, 1.82) is 0 Å². The molecule has 1 aromatic carbocycles. The molecule has 3 rings (SSSR count). The fourth-order valence-corrected chi connectivity index (χ4v) is 3.03. The standard InChI is InChI=1S/C19H15BrF4N6O3/c1-9(12-7-10(20)3-5-13(12)21)33-18(32)27-16-15(28-29-30(16)2)14-6-4-11(8-25-14)26-17(31)19(22,23)24/h3-9H,1-2H3,(H,26,31)(H,27,32). The van der Waals surface area contributed by atoms with Gasteiger partial charge in [0, 0.05) is 17.1 Å². The van der Waals surface area contributed by atoms with Gasteiger partial charge in [-0.3, -0.25) is 15.1 Å². The summed E-state index contributed by atoms with van der Waals surface area (Å²) in [6.45, 7) is 1.49. The third-order valence-corrected chi connectivity index (χ3v) is 4.74. The molecule has 2 amide bonds. The van der Waals surface area contributed by atoms with Crippen LogP contribution in [-0.4, -0.2) is 38.2 Å². The van der Waals surface area contributed by atoms with E-state index in [-0.39, 0.29) is 28.5 Å². The van der Waals surface area contributed by atoms with Crippen LogP contribution in [0.25, 0.3) is 11.4 Å². The third-order valence-electron chi connectivity index (χ3n) is 4.25. The maximum atomic E-state index is 14.0. The first-order chi connectivity index (χ1) is 15.5. The molecular formula is C19H15BrF4N6O3. The highest BCUT2D eigenvalue weighted by molar-refractivity contribution is 9.10. The molecule has 0 spiro atoms. The van der Waals surface area contributed by atoms with E-state index in [9.17, 15) is 27.2 Å². The number of aromatic nitrogens is 4. The first kappa shape index (κ1) is 24.1. The molecule has 0 aliphatic rings. The van der Waals surface area contributed by atoms with E-state index < -0.39 is 30.1 Å². The zero-order chi connectivity index (χ0) is 24.3. The summed E-state index contributed by atoms with van der Waals surface area (Å²) in [6.07, 6.45) is -5.91. The van der Waals surface area contributed by atoms with Crippen molar-refractivity contribution in [1.82, 2.24) is 20.0 Å². The van der Waals surface area contributed by atoms with Gasteiger partial charge in [-0.1, -0.05) is 21.1 Å². The van der Waals surface area contributed by atoms with Gasteiger partial charge in [-0.25, -0.2) is 13.9 Å². The number of hydrogen-bond donors (Lipinski definition) is 2. The molecule has 0 aliphatic heterocycles. The molecule has 2 aromatic heterocycles. The quantitative estimate of drug-likeness (QED) is 0.466. The van der Waals surface area contributed by atoms with E-state index in [0.29, 0.717) is 4.47 Å². The van der Waals surface area contributed by atoms with E-state index >= 15 is 0 Å². The number of rotatable bonds is 5. The maximum Gasteiger partial charge on any atom is 0.471 e. The number of carbonyl (C=O) groups excluding carboxylic acids is 2. The molecule has 1 unspecified atom stereocenters. The number of hydrogen-bond acceptors (Lipinski definition) is 6. The number of benzene rings is 1. The first-order valence-electron chi connectivity index (χ1n) is 9.12. The molecule has 174 valence electrons. The second kappa shape index (κ2) is 9.52. The summed E-state index contributed by atoms with van der Waals surface area (Å²) >= 11 is 3.22. The van der Waals surface area contributed by atoms with Crippen molar-refractivity contribution in [2.24, 2.45) is 7.05 Å². The van der Waals surface area contributed by atoms with Crippen LogP contribution in [0.15, 0.2) is 41.0 Å². The van der Waals surface area contributed by atoms with Crippen molar-refractivity contribution < 1.29 is 31.9 Å². The monoisotopic (exact) mass is 530 g/mol. The van der Waals surface area contributed by atoms with E-state index in [1.807, 2.05) is 0 Å². The second-order valence-corrected chi connectivity index (χ2v) is 7.55. The molecule has 2 heterocycles. The molecule has 14 heteroatoms. The van der Waals surface area contributed by atoms with Gasteiger partial charge >= 0.3 is 18.2 Å². The molecule has 2 N–H and O–H groups in total. The van der Waals surface area contributed by atoms with E-state index in [0.717, 1.165) is 6.20 Å². The fourth-order valence-electron chi connectivity index (χ4n) is 2.66. The number of alkyl halides is 3. The Balaban J connectivity index is 1.74. The van der Waals surface area contributed by atoms with E-state index in [4.69, 9.17) is 4.74 Å². The summed E-state index contributed by atoms with van der Waals surface area (Å²) in [6, 6.07) is 6.68. The molecular weight excluding hydrogens is 516 g/mol. The Kier molecular flexibility index (Phi) is 6.95. The highest BCUT2D eigenvalue weighted by Gasteiger charge is 2.38. The molecule has 0 bridgehead atoms. The predicted octanol–water partition coefficient (Wildman–Crippen LogP) is 4.59. The van der Waals surface area contributed by atoms with Crippen LogP contribution >= 0.6 is 15.9 Å². The number of aryl methyl sites for hydroxylation is 1. The lowest BCUT2D eigenvalue weighted by atomic mass is 10.1. The van der Waals surface area contributed by atoms with Crippen molar-refractivity contribution in [3.63, 3.8) is 0 Å². The first-order valence-corrected chi connectivity index (χ1v) is 9.92. The van der Waals surface area contributed by atoms with E-state index in [2.05, 4.69) is 36.5 Å². The Labute approximate surface area is 192 Å². The molecule has 1 atom stereocenters. The zero-order valence-corrected chi connectivity index (χ0v) is 18.5. The largest absolute Gasteiger partial charge is 0.471 e. The molecule has 9 nitrogen and oxygen atoms in total. The second-order valence-electron chi connectivity index (χ2n) is 6.63. The van der Waals surface area contributed by atoms with Gasteiger partial charge in [0.2, 0.25) is 0 Å². The summed E-state index contributed by atoms with van der Waals surface area (Å²) in [7, 11) is 1.47. The van der Waals surface area contributed by atoms with Gasteiger partial charge in [0.15, 0.2) is 11.5 Å².